The minimum atomic E-state index is -1.20. The molecule has 0 spiro atoms. The monoisotopic (exact) mass is 412 g/mol. The van der Waals surface area contributed by atoms with Gasteiger partial charge in [-0.25, -0.2) is 9.78 Å². The molecule has 1 aromatic heterocycles. The Hall–Kier alpha value is -2.91. The molecule has 2 rings (SSSR count). The Labute approximate surface area is 163 Å². The summed E-state index contributed by atoms with van der Waals surface area (Å²) in [5.41, 5.74) is -0.116. The number of nitrogens with zero attached hydrogens (tertiary/aromatic N) is 2. The minimum Gasteiger partial charge on any atom is -0.449 e. The van der Waals surface area contributed by atoms with E-state index in [9.17, 15) is 19.7 Å². The van der Waals surface area contributed by atoms with Gasteiger partial charge in [-0.1, -0.05) is 23.2 Å². The molecule has 0 aliphatic carbocycles. The zero-order valence-electron chi connectivity index (χ0n) is 14.2. The van der Waals surface area contributed by atoms with Crippen LogP contribution in [0.1, 0.15) is 17.3 Å². The van der Waals surface area contributed by atoms with Gasteiger partial charge in [0.15, 0.2) is 11.9 Å². The maximum Gasteiger partial charge on any atom is 0.339 e. The van der Waals surface area contributed by atoms with Crippen molar-refractivity contribution in [2.45, 2.75) is 13.0 Å². The number of aromatic nitrogens is 1. The van der Waals surface area contributed by atoms with Crippen LogP contribution >= 0.6 is 23.2 Å². The van der Waals surface area contributed by atoms with Gasteiger partial charge >= 0.3 is 5.97 Å². The summed E-state index contributed by atoms with van der Waals surface area (Å²) in [5, 5.41) is 16.5. The van der Waals surface area contributed by atoms with Crippen molar-refractivity contribution in [1.82, 2.24) is 4.98 Å². The third-order valence-electron chi connectivity index (χ3n) is 3.40. The lowest BCUT2D eigenvalue weighted by Crippen LogP contribution is -2.30. The highest BCUT2D eigenvalue weighted by atomic mass is 35.5. The molecule has 0 saturated carbocycles. The number of nitrogens with one attached hydrogen (secondary N) is 2. The molecule has 0 aliphatic heterocycles. The van der Waals surface area contributed by atoms with Crippen LogP contribution in [0.25, 0.3) is 0 Å². The zero-order valence-corrected chi connectivity index (χ0v) is 15.7. The number of carbonyl (C=O) groups excluding carboxylic acids is 2. The fourth-order valence-electron chi connectivity index (χ4n) is 2.03. The van der Waals surface area contributed by atoms with E-state index in [1.165, 1.54) is 38.4 Å². The highest BCUT2D eigenvalue weighted by molar-refractivity contribution is 6.36. The molecule has 1 heterocycles. The molecule has 0 saturated heterocycles. The first kappa shape index (κ1) is 20.4. The van der Waals surface area contributed by atoms with E-state index >= 15 is 0 Å². The van der Waals surface area contributed by atoms with Gasteiger partial charge < -0.3 is 15.4 Å². The predicted octanol–water partition coefficient (Wildman–Crippen LogP) is 3.52. The van der Waals surface area contributed by atoms with Crippen molar-refractivity contribution in [3.05, 3.63) is 56.2 Å². The fourth-order valence-corrected chi connectivity index (χ4v) is 2.46. The van der Waals surface area contributed by atoms with Crippen molar-refractivity contribution in [2.75, 3.05) is 17.7 Å². The first-order valence-electron chi connectivity index (χ1n) is 7.52. The molecule has 0 unspecified atom stereocenters. The Balaban J connectivity index is 2.09. The largest absolute Gasteiger partial charge is 0.449 e. The molecule has 27 heavy (non-hydrogen) atoms. The number of nitro benzene ring substituents is 1. The van der Waals surface area contributed by atoms with Gasteiger partial charge in [0.25, 0.3) is 11.6 Å². The number of ether oxygens (including phenoxy) is 1. The second kappa shape index (κ2) is 8.65. The van der Waals surface area contributed by atoms with Crippen LogP contribution in [0.15, 0.2) is 30.5 Å². The van der Waals surface area contributed by atoms with E-state index in [2.05, 4.69) is 15.6 Å². The predicted molar refractivity (Wildman–Crippen MR) is 100 cm³/mol. The lowest BCUT2D eigenvalue weighted by molar-refractivity contribution is -0.384. The molecule has 0 bridgehead atoms. The van der Waals surface area contributed by atoms with Gasteiger partial charge in [0, 0.05) is 19.3 Å². The van der Waals surface area contributed by atoms with Crippen LogP contribution in [-0.2, 0) is 9.53 Å². The number of rotatable bonds is 6. The summed E-state index contributed by atoms with van der Waals surface area (Å²) >= 11 is 11.6. The maximum absolute atomic E-state index is 12.2. The van der Waals surface area contributed by atoms with Crippen molar-refractivity contribution in [1.29, 1.82) is 0 Å². The highest BCUT2D eigenvalue weighted by Gasteiger charge is 2.23. The van der Waals surface area contributed by atoms with Crippen molar-refractivity contribution in [2.24, 2.45) is 0 Å². The molecule has 2 aromatic rings. The summed E-state index contributed by atoms with van der Waals surface area (Å²) in [6.45, 7) is 1.34. The van der Waals surface area contributed by atoms with Crippen molar-refractivity contribution < 1.29 is 19.2 Å². The molecule has 9 nitrogen and oxygen atoms in total. The van der Waals surface area contributed by atoms with Crippen molar-refractivity contribution in [3.8, 4) is 0 Å². The smallest absolute Gasteiger partial charge is 0.339 e. The van der Waals surface area contributed by atoms with E-state index in [4.69, 9.17) is 27.9 Å². The molecule has 0 radical (unpaired) electrons. The number of carbonyl (C=O) groups is 2. The van der Waals surface area contributed by atoms with E-state index < -0.39 is 22.9 Å². The van der Waals surface area contributed by atoms with Crippen LogP contribution in [0.3, 0.4) is 0 Å². The van der Waals surface area contributed by atoms with E-state index in [-0.39, 0.29) is 27.8 Å². The standard InChI is InChI=1S/C16H14Cl2N4O5/c1-8(15(23)21-14-11(18)6-10(17)7-20-14)27-16(24)9-3-4-12(19-2)13(5-9)22(25)26/h3-8,19H,1-2H3,(H,20,21,23)/t8-/m1/s1. The van der Waals surface area contributed by atoms with Gasteiger partial charge in [-0.2, -0.15) is 0 Å². The van der Waals surface area contributed by atoms with Gasteiger partial charge in [-0.3, -0.25) is 14.9 Å². The van der Waals surface area contributed by atoms with E-state index in [1.54, 1.807) is 0 Å². The lowest BCUT2D eigenvalue weighted by atomic mass is 10.1. The summed E-state index contributed by atoms with van der Waals surface area (Å²) in [6.07, 6.45) is 0.0939. The molecular weight excluding hydrogens is 399 g/mol. The number of nitro groups is 1. The first-order valence-corrected chi connectivity index (χ1v) is 8.27. The third-order valence-corrected chi connectivity index (χ3v) is 3.90. The van der Waals surface area contributed by atoms with Crippen molar-refractivity contribution in [3.63, 3.8) is 0 Å². The highest BCUT2D eigenvalue weighted by Crippen LogP contribution is 2.26. The molecule has 142 valence electrons. The van der Waals surface area contributed by atoms with Crippen LogP contribution in [0, 0.1) is 10.1 Å². The maximum atomic E-state index is 12.2. The first-order chi connectivity index (χ1) is 12.7. The van der Waals surface area contributed by atoms with E-state index in [0.29, 0.717) is 5.02 Å². The Morgan fingerprint density at radius 1 is 1.30 bits per heavy atom. The summed E-state index contributed by atoms with van der Waals surface area (Å²) in [5.74, 6) is -1.51. The van der Waals surface area contributed by atoms with Gasteiger partial charge in [-0.15, -0.1) is 0 Å². The van der Waals surface area contributed by atoms with Crippen LogP contribution < -0.4 is 10.6 Å². The molecule has 1 atom stereocenters. The Bertz CT molecular complexity index is 906. The summed E-state index contributed by atoms with van der Waals surface area (Å²) in [4.78, 5) is 38.7. The number of esters is 1. The molecule has 1 amide bonds. The van der Waals surface area contributed by atoms with Crippen LogP contribution in [0.2, 0.25) is 10.0 Å². The molecular formula is C16H14Cl2N4O5. The average Bonchev–Trinajstić information content (AvgIpc) is 2.63. The second-order valence-corrected chi connectivity index (χ2v) is 6.10. The van der Waals surface area contributed by atoms with Gasteiger partial charge in [-0.05, 0) is 25.1 Å². The Morgan fingerprint density at radius 2 is 2.00 bits per heavy atom. The molecule has 0 fully saturated rings. The molecule has 1 aromatic carbocycles. The fraction of sp³-hybridized carbons (Fsp3) is 0.188. The Kier molecular flexibility index (Phi) is 6.54. The van der Waals surface area contributed by atoms with Crippen LogP contribution in [0.4, 0.5) is 17.2 Å². The second-order valence-electron chi connectivity index (χ2n) is 5.26. The number of halogens is 2. The summed E-state index contributed by atoms with van der Waals surface area (Å²) < 4.78 is 5.05. The van der Waals surface area contributed by atoms with Crippen LogP contribution in [-0.4, -0.2) is 34.9 Å². The number of anilines is 2. The third kappa shape index (κ3) is 5.05. The molecule has 11 heteroatoms. The number of pyridine rings is 1. The lowest BCUT2D eigenvalue weighted by Gasteiger charge is -2.14. The van der Waals surface area contributed by atoms with Crippen LogP contribution in [0.5, 0.6) is 0 Å². The number of hydrogen-bond acceptors (Lipinski definition) is 7. The summed E-state index contributed by atoms with van der Waals surface area (Å²) in [6, 6.07) is 5.18. The quantitative estimate of drug-likeness (QED) is 0.422. The SMILES string of the molecule is CNc1ccc(C(=O)O[C@H](C)C(=O)Nc2ncc(Cl)cc2Cl)cc1[N+](=O)[O-]. The number of benzene rings is 1. The van der Waals surface area contributed by atoms with E-state index in [0.717, 1.165) is 6.07 Å². The van der Waals surface area contributed by atoms with E-state index in [1.807, 2.05) is 0 Å². The van der Waals surface area contributed by atoms with Gasteiger partial charge in [0.1, 0.15) is 5.69 Å². The number of hydrogen-bond donors (Lipinski definition) is 2. The Morgan fingerprint density at radius 3 is 2.59 bits per heavy atom. The molecule has 2 N–H and O–H groups in total. The van der Waals surface area contributed by atoms with Crippen molar-refractivity contribution >= 4 is 52.3 Å². The average molecular weight is 413 g/mol. The molecule has 0 aliphatic rings. The summed E-state index contributed by atoms with van der Waals surface area (Å²) in [7, 11) is 1.52. The topological polar surface area (TPSA) is 123 Å². The van der Waals surface area contributed by atoms with Gasteiger partial charge in [0.05, 0.1) is 20.5 Å². The van der Waals surface area contributed by atoms with Gasteiger partial charge in [0.2, 0.25) is 0 Å². The normalized spacial score (nSPS) is 11.4. The number of amides is 1. The minimum absolute atomic E-state index is 0.0583. The zero-order chi connectivity index (χ0) is 20.1.